The van der Waals surface area contributed by atoms with Crippen LogP contribution in [0.5, 0.6) is 11.5 Å². The number of nitrogens with one attached hydrogen (secondary N) is 1. The largest absolute Gasteiger partial charge is 0.490 e. The maximum Gasteiger partial charge on any atom is 0.339 e. The SMILES string of the molecule is CCOc1cc(/C=C(\C#N)C(=O)Nc2ccc(F)cc2)cc(Cl)c1OS(=O)(=O)c1ccccc1. The lowest BCUT2D eigenvalue weighted by molar-refractivity contribution is -0.112. The van der Waals surface area contributed by atoms with Gasteiger partial charge >= 0.3 is 10.1 Å². The quantitative estimate of drug-likeness (QED) is 0.259. The first kappa shape index (κ1) is 24.8. The van der Waals surface area contributed by atoms with Crippen molar-refractivity contribution in [3.05, 3.63) is 88.7 Å². The van der Waals surface area contributed by atoms with Crippen LogP contribution in [0.4, 0.5) is 10.1 Å². The highest BCUT2D eigenvalue weighted by molar-refractivity contribution is 7.87. The molecule has 0 radical (unpaired) electrons. The van der Waals surface area contributed by atoms with Crippen LogP contribution in [0, 0.1) is 17.1 Å². The molecule has 0 saturated carbocycles. The molecule has 0 aromatic heterocycles. The fraction of sp³-hybridized carbons (Fsp3) is 0.0833. The van der Waals surface area contributed by atoms with E-state index in [0.717, 1.165) is 0 Å². The molecule has 0 unspecified atom stereocenters. The standard InChI is InChI=1S/C24H18ClFN2O5S/c1-2-32-22-14-16(12-17(15-27)24(29)28-19-10-8-18(26)9-11-19)13-21(25)23(22)33-34(30,31)20-6-4-3-5-7-20/h3-14H,2H2,1H3,(H,28,29)/b17-12+. The number of anilines is 1. The summed E-state index contributed by atoms with van der Waals surface area (Å²) >= 11 is 6.30. The molecule has 0 bridgehead atoms. The van der Waals surface area contributed by atoms with Gasteiger partial charge in [-0.15, -0.1) is 0 Å². The second-order valence-electron chi connectivity index (χ2n) is 6.74. The summed E-state index contributed by atoms with van der Waals surface area (Å²) in [6.07, 6.45) is 1.25. The zero-order valence-corrected chi connectivity index (χ0v) is 19.4. The highest BCUT2D eigenvalue weighted by Crippen LogP contribution is 2.39. The number of carbonyl (C=O) groups is 1. The Morgan fingerprint density at radius 2 is 1.82 bits per heavy atom. The van der Waals surface area contributed by atoms with Crippen molar-refractivity contribution in [2.75, 3.05) is 11.9 Å². The first-order chi connectivity index (χ1) is 16.2. The van der Waals surface area contributed by atoms with E-state index >= 15 is 0 Å². The number of benzene rings is 3. The third-order valence-corrected chi connectivity index (χ3v) is 5.85. The Bertz CT molecular complexity index is 1370. The zero-order valence-electron chi connectivity index (χ0n) is 17.8. The van der Waals surface area contributed by atoms with Gasteiger partial charge in [0.05, 0.1) is 11.6 Å². The number of carbonyl (C=O) groups excluding carboxylic acids is 1. The summed E-state index contributed by atoms with van der Waals surface area (Å²) in [5, 5.41) is 11.8. The van der Waals surface area contributed by atoms with Gasteiger partial charge in [-0.2, -0.15) is 13.7 Å². The fourth-order valence-electron chi connectivity index (χ4n) is 2.81. The van der Waals surface area contributed by atoms with E-state index < -0.39 is 21.8 Å². The van der Waals surface area contributed by atoms with Crippen LogP contribution in [0.3, 0.4) is 0 Å². The van der Waals surface area contributed by atoms with Crippen LogP contribution in [0.15, 0.2) is 77.2 Å². The Morgan fingerprint density at radius 3 is 2.44 bits per heavy atom. The third-order valence-electron chi connectivity index (χ3n) is 4.33. The summed E-state index contributed by atoms with van der Waals surface area (Å²) in [6.45, 7) is 1.85. The highest BCUT2D eigenvalue weighted by atomic mass is 35.5. The van der Waals surface area contributed by atoms with E-state index in [-0.39, 0.29) is 33.6 Å². The predicted octanol–water partition coefficient (Wildman–Crippen LogP) is 5.19. The molecule has 1 amide bonds. The van der Waals surface area contributed by atoms with Crippen LogP contribution in [0.2, 0.25) is 5.02 Å². The monoisotopic (exact) mass is 500 g/mol. The van der Waals surface area contributed by atoms with Crippen molar-refractivity contribution in [1.82, 2.24) is 0 Å². The molecule has 3 aromatic rings. The number of hydrogen-bond donors (Lipinski definition) is 1. The minimum absolute atomic E-state index is 0.0111. The molecule has 0 heterocycles. The summed E-state index contributed by atoms with van der Waals surface area (Å²) < 4.78 is 49.1. The number of nitriles is 1. The van der Waals surface area contributed by atoms with Crippen LogP contribution in [-0.2, 0) is 14.9 Å². The number of hydrogen-bond acceptors (Lipinski definition) is 6. The van der Waals surface area contributed by atoms with Crippen molar-refractivity contribution in [2.45, 2.75) is 11.8 Å². The maximum atomic E-state index is 13.1. The second-order valence-corrected chi connectivity index (χ2v) is 8.70. The molecule has 174 valence electrons. The second kappa shape index (κ2) is 10.8. The molecular weight excluding hydrogens is 483 g/mol. The van der Waals surface area contributed by atoms with Crippen molar-refractivity contribution in [3.63, 3.8) is 0 Å². The van der Waals surface area contributed by atoms with Gasteiger partial charge in [-0.05, 0) is 67.1 Å². The van der Waals surface area contributed by atoms with Crippen molar-refractivity contribution < 1.29 is 26.5 Å². The minimum Gasteiger partial charge on any atom is -0.490 e. The molecule has 0 saturated heterocycles. The average Bonchev–Trinajstić information content (AvgIpc) is 2.82. The van der Waals surface area contributed by atoms with E-state index in [1.807, 2.05) is 0 Å². The zero-order chi connectivity index (χ0) is 24.7. The number of halogens is 2. The molecule has 0 fully saturated rings. The molecule has 3 aromatic carbocycles. The molecule has 1 N–H and O–H groups in total. The van der Waals surface area contributed by atoms with Crippen molar-refractivity contribution in [1.29, 1.82) is 5.26 Å². The number of ether oxygens (including phenoxy) is 1. The maximum absolute atomic E-state index is 13.1. The Hall–Kier alpha value is -3.87. The molecule has 0 atom stereocenters. The van der Waals surface area contributed by atoms with E-state index in [9.17, 15) is 22.9 Å². The van der Waals surface area contributed by atoms with Crippen LogP contribution >= 0.6 is 11.6 Å². The summed E-state index contributed by atoms with van der Waals surface area (Å²) in [5.41, 5.74) is 0.326. The lowest BCUT2D eigenvalue weighted by Gasteiger charge is -2.14. The normalized spacial score (nSPS) is 11.4. The average molecular weight is 501 g/mol. The van der Waals surface area contributed by atoms with Gasteiger partial charge in [-0.3, -0.25) is 4.79 Å². The molecule has 34 heavy (non-hydrogen) atoms. The molecular formula is C24H18ClFN2O5S. The van der Waals surface area contributed by atoms with E-state index in [2.05, 4.69) is 5.32 Å². The lowest BCUT2D eigenvalue weighted by atomic mass is 10.1. The lowest BCUT2D eigenvalue weighted by Crippen LogP contribution is -2.13. The summed E-state index contributed by atoms with van der Waals surface area (Å²) in [4.78, 5) is 12.4. The van der Waals surface area contributed by atoms with E-state index in [4.69, 9.17) is 20.5 Å². The molecule has 7 nitrogen and oxygen atoms in total. The van der Waals surface area contributed by atoms with Crippen molar-refractivity contribution in [2.24, 2.45) is 0 Å². The van der Waals surface area contributed by atoms with E-state index in [1.54, 1.807) is 31.2 Å². The van der Waals surface area contributed by atoms with E-state index in [0.29, 0.717) is 11.3 Å². The van der Waals surface area contributed by atoms with Gasteiger partial charge < -0.3 is 14.2 Å². The van der Waals surface area contributed by atoms with Crippen LogP contribution in [0.1, 0.15) is 12.5 Å². The molecule has 0 spiro atoms. The van der Waals surface area contributed by atoms with E-state index in [1.165, 1.54) is 54.6 Å². The first-order valence-corrected chi connectivity index (χ1v) is 11.7. The Balaban J connectivity index is 1.93. The number of nitrogens with zero attached hydrogens (tertiary/aromatic N) is 1. The van der Waals surface area contributed by atoms with Crippen molar-refractivity contribution >= 4 is 39.4 Å². The molecule has 0 aliphatic heterocycles. The van der Waals surface area contributed by atoms with Gasteiger partial charge in [0.15, 0.2) is 5.75 Å². The first-order valence-electron chi connectivity index (χ1n) is 9.88. The summed E-state index contributed by atoms with van der Waals surface area (Å²) in [7, 11) is -4.19. The van der Waals surface area contributed by atoms with Gasteiger partial charge in [0.2, 0.25) is 5.75 Å². The van der Waals surface area contributed by atoms with Gasteiger partial charge in [0.1, 0.15) is 22.4 Å². The highest BCUT2D eigenvalue weighted by Gasteiger charge is 2.22. The van der Waals surface area contributed by atoms with Gasteiger partial charge in [0.25, 0.3) is 5.91 Å². The Kier molecular flexibility index (Phi) is 7.89. The Labute approximate surface area is 201 Å². The topological polar surface area (TPSA) is 105 Å². The summed E-state index contributed by atoms with van der Waals surface area (Å²) in [5.74, 6) is -1.41. The molecule has 0 aliphatic rings. The summed E-state index contributed by atoms with van der Waals surface area (Å²) in [6, 6.07) is 17.1. The minimum atomic E-state index is -4.19. The number of amides is 1. The predicted molar refractivity (Wildman–Crippen MR) is 125 cm³/mol. The van der Waals surface area contributed by atoms with Gasteiger partial charge in [-0.25, -0.2) is 4.39 Å². The smallest absolute Gasteiger partial charge is 0.339 e. The van der Waals surface area contributed by atoms with Crippen LogP contribution < -0.4 is 14.2 Å². The van der Waals surface area contributed by atoms with Crippen LogP contribution in [-0.4, -0.2) is 20.9 Å². The molecule has 0 aliphatic carbocycles. The fourth-order valence-corrected chi connectivity index (χ4v) is 4.09. The Morgan fingerprint density at radius 1 is 1.15 bits per heavy atom. The van der Waals surface area contributed by atoms with Gasteiger partial charge in [0, 0.05) is 5.69 Å². The molecule has 3 rings (SSSR count). The van der Waals surface area contributed by atoms with Crippen molar-refractivity contribution in [3.8, 4) is 17.6 Å². The van der Waals surface area contributed by atoms with Gasteiger partial charge in [-0.1, -0.05) is 29.8 Å². The number of rotatable bonds is 8. The third kappa shape index (κ3) is 6.13. The van der Waals surface area contributed by atoms with Crippen LogP contribution in [0.25, 0.3) is 6.08 Å². The molecule has 10 heteroatoms.